The van der Waals surface area contributed by atoms with Gasteiger partial charge in [0.05, 0.1) is 23.7 Å². The fourth-order valence-corrected chi connectivity index (χ4v) is 4.01. The maximum atomic E-state index is 12.2. The summed E-state index contributed by atoms with van der Waals surface area (Å²) in [7, 11) is -2.99. The number of hydrogen-bond acceptors (Lipinski definition) is 4. The van der Waals surface area contributed by atoms with Crippen molar-refractivity contribution < 1.29 is 18.3 Å². The first kappa shape index (κ1) is 14.6. The summed E-state index contributed by atoms with van der Waals surface area (Å²) in [4.78, 5) is 13.8. The first-order valence-electron chi connectivity index (χ1n) is 6.66. The lowest BCUT2D eigenvalue weighted by molar-refractivity contribution is 0.0441. The molecule has 1 atom stereocenters. The Labute approximate surface area is 114 Å². The summed E-state index contributed by atoms with van der Waals surface area (Å²) >= 11 is 0. The quantitative estimate of drug-likeness (QED) is 0.770. The first-order chi connectivity index (χ1) is 8.66. The summed E-state index contributed by atoms with van der Waals surface area (Å²) in [6.07, 6.45) is 2.38. The van der Waals surface area contributed by atoms with E-state index in [1.165, 1.54) is 0 Å². The molecule has 2 rings (SSSR count). The van der Waals surface area contributed by atoms with Gasteiger partial charge in [0, 0.05) is 12.1 Å². The maximum Gasteiger partial charge on any atom is 0.317 e. The molecule has 19 heavy (non-hydrogen) atoms. The van der Waals surface area contributed by atoms with E-state index < -0.39 is 15.4 Å². The highest BCUT2D eigenvalue weighted by atomic mass is 32.2. The van der Waals surface area contributed by atoms with Crippen molar-refractivity contribution in [3.63, 3.8) is 0 Å². The Balaban J connectivity index is 1.93. The van der Waals surface area contributed by atoms with Gasteiger partial charge in [0.15, 0.2) is 9.84 Å². The number of carbonyl (C=O) groups excluding carboxylic acids is 1. The number of urea groups is 1. The van der Waals surface area contributed by atoms with Crippen LogP contribution in [-0.2, 0) is 9.84 Å². The zero-order valence-electron chi connectivity index (χ0n) is 11.4. The molecular weight excluding hydrogens is 268 g/mol. The van der Waals surface area contributed by atoms with Gasteiger partial charge in [0.1, 0.15) is 0 Å². The minimum absolute atomic E-state index is 0.0275. The highest BCUT2D eigenvalue weighted by molar-refractivity contribution is 7.91. The van der Waals surface area contributed by atoms with E-state index in [0.29, 0.717) is 6.42 Å². The van der Waals surface area contributed by atoms with Gasteiger partial charge in [-0.3, -0.25) is 0 Å². The summed E-state index contributed by atoms with van der Waals surface area (Å²) in [5, 5.41) is 12.6. The molecule has 1 unspecified atom stereocenters. The molecule has 7 heteroatoms. The lowest BCUT2D eigenvalue weighted by Gasteiger charge is -2.30. The number of carbonyl (C=O) groups is 1. The molecule has 0 spiro atoms. The van der Waals surface area contributed by atoms with Crippen molar-refractivity contribution >= 4 is 15.9 Å². The molecule has 0 aromatic carbocycles. The predicted molar refractivity (Wildman–Crippen MR) is 71.6 cm³/mol. The van der Waals surface area contributed by atoms with E-state index in [2.05, 4.69) is 5.32 Å². The number of amides is 2. The molecule has 2 aliphatic rings. The van der Waals surface area contributed by atoms with E-state index >= 15 is 0 Å². The molecule has 0 bridgehead atoms. The third-order valence-electron chi connectivity index (χ3n) is 3.37. The lowest BCUT2D eigenvalue weighted by Crippen LogP contribution is -2.50. The van der Waals surface area contributed by atoms with Crippen molar-refractivity contribution in [3.05, 3.63) is 0 Å². The number of nitrogens with zero attached hydrogens (tertiary/aromatic N) is 1. The van der Waals surface area contributed by atoms with E-state index in [0.717, 1.165) is 12.8 Å². The fraction of sp³-hybridized carbons (Fsp3) is 0.917. The van der Waals surface area contributed by atoms with Crippen LogP contribution in [0, 0.1) is 0 Å². The number of rotatable bonds is 4. The zero-order valence-corrected chi connectivity index (χ0v) is 12.2. The number of sulfone groups is 1. The molecule has 1 heterocycles. The van der Waals surface area contributed by atoms with Gasteiger partial charge >= 0.3 is 6.03 Å². The smallest absolute Gasteiger partial charge is 0.317 e. The normalized spacial score (nSPS) is 26.2. The third kappa shape index (κ3) is 4.35. The molecule has 0 aromatic heterocycles. The van der Waals surface area contributed by atoms with Crippen molar-refractivity contribution in [2.24, 2.45) is 0 Å². The number of nitrogens with one attached hydrogen (secondary N) is 1. The van der Waals surface area contributed by atoms with Gasteiger partial charge in [0.25, 0.3) is 0 Å². The Morgan fingerprint density at radius 1 is 1.37 bits per heavy atom. The van der Waals surface area contributed by atoms with E-state index in [-0.39, 0.29) is 36.2 Å². The Morgan fingerprint density at radius 2 is 2.00 bits per heavy atom. The van der Waals surface area contributed by atoms with Gasteiger partial charge in [-0.25, -0.2) is 13.2 Å². The second-order valence-electron chi connectivity index (χ2n) is 6.22. The van der Waals surface area contributed by atoms with Crippen molar-refractivity contribution in [1.29, 1.82) is 0 Å². The topological polar surface area (TPSA) is 86.7 Å². The van der Waals surface area contributed by atoms with Gasteiger partial charge in [-0.2, -0.15) is 0 Å². The number of aliphatic hydroxyl groups is 1. The molecule has 0 radical (unpaired) electrons. The average molecular weight is 290 g/mol. The van der Waals surface area contributed by atoms with Crippen molar-refractivity contribution in [2.75, 3.05) is 18.1 Å². The highest BCUT2D eigenvalue weighted by Crippen LogP contribution is 2.28. The molecule has 2 N–H and O–H groups in total. The van der Waals surface area contributed by atoms with Gasteiger partial charge in [-0.1, -0.05) is 0 Å². The van der Waals surface area contributed by atoms with Gasteiger partial charge in [-0.05, 0) is 33.1 Å². The molecule has 1 saturated heterocycles. The SMILES string of the molecule is CC(C)(O)CN(C(=O)NC1CCS(=O)(=O)C1)C1CC1. The van der Waals surface area contributed by atoms with Crippen LogP contribution in [0.1, 0.15) is 33.1 Å². The molecule has 1 aliphatic carbocycles. The van der Waals surface area contributed by atoms with Crippen LogP contribution in [0.25, 0.3) is 0 Å². The minimum Gasteiger partial charge on any atom is -0.389 e. The summed E-state index contributed by atoms with van der Waals surface area (Å²) in [6, 6.07) is -0.364. The summed E-state index contributed by atoms with van der Waals surface area (Å²) in [5.41, 5.74) is -0.943. The maximum absolute atomic E-state index is 12.2. The van der Waals surface area contributed by atoms with Crippen molar-refractivity contribution in [2.45, 2.75) is 50.8 Å². The second kappa shape index (κ2) is 4.94. The molecular formula is C12H22N2O4S. The second-order valence-corrected chi connectivity index (χ2v) is 8.45. The molecule has 110 valence electrons. The van der Waals surface area contributed by atoms with E-state index in [4.69, 9.17) is 0 Å². The van der Waals surface area contributed by atoms with E-state index in [9.17, 15) is 18.3 Å². The van der Waals surface area contributed by atoms with Crippen molar-refractivity contribution in [3.8, 4) is 0 Å². The van der Waals surface area contributed by atoms with E-state index in [1.54, 1.807) is 18.7 Å². The van der Waals surface area contributed by atoms with Crippen molar-refractivity contribution in [1.82, 2.24) is 10.2 Å². The highest BCUT2D eigenvalue weighted by Gasteiger charge is 2.37. The standard InChI is InChI=1S/C12H22N2O4S/c1-12(2,16)8-14(10-3-4-10)11(15)13-9-5-6-19(17,18)7-9/h9-10,16H,3-8H2,1-2H3,(H,13,15). The molecule has 2 amide bonds. The molecule has 1 aliphatic heterocycles. The van der Waals surface area contributed by atoms with Crippen LogP contribution in [0.15, 0.2) is 0 Å². The zero-order chi connectivity index (χ0) is 14.3. The number of hydrogen-bond donors (Lipinski definition) is 2. The van der Waals surface area contributed by atoms with Gasteiger partial charge < -0.3 is 15.3 Å². The first-order valence-corrected chi connectivity index (χ1v) is 8.48. The van der Waals surface area contributed by atoms with Crippen LogP contribution in [-0.4, -0.2) is 60.2 Å². The summed E-state index contributed by atoms with van der Waals surface area (Å²) in [5.74, 6) is 0.173. The van der Waals surface area contributed by atoms with Gasteiger partial charge in [-0.15, -0.1) is 0 Å². The van der Waals surface area contributed by atoms with Crippen LogP contribution in [0.2, 0.25) is 0 Å². The third-order valence-corrected chi connectivity index (χ3v) is 5.13. The summed E-state index contributed by atoms with van der Waals surface area (Å²) < 4.78 is 22.7. The molecule has 2 fully saturated rings. The molecule has 0 aromatic rings. The van der Waals surface area contributed by atoms with Crippen LogP contribution in [0.5, 0.6) is 0 Å². The lowest BCUT2D eigenvalue weighted by atomic mass is 10.1. The van der Waals surface area contributed by atoms with Gasteiger partial charge in [0.2, 0.25) is 0 Å². The summed E-state index contributed by atoms with van der Waals surface area (Å²) in [6.45, 7) is 3.59. The average Bonchev–Trinajstić information content (AvgIpc) is 3.00. The van der Waals surface area contributed by atoms with Crippen LogP contribution in [0.3, 0.4) is 0 Å². The predicted octanol–water partition coefficient (Wildman–Crippen LogP) is 0.118. The molecule has 1 saturated carbocycles. The van der Waals surface area contributed by atoms with E-state index in [1.807, 2.05) is 0 Å². The Kier molecular flexibility index (Phi) is 3.79. The monoisotopic (exact) mass is 290 g/mol. The minimum atomic E-state index is -2.99. The Bertz CT molecular complexity index is 451. The fourth-order valence-electron chi connectivity index (χ4n) is 2.34. The molecule has 6 nitrogen and oxygen atoms in total. The van der Waals surface area contributed by atoms with Crippen LogP contribution < -0.4 is 5.32 Å². The van der Waals surface area contributed by atoms with Crippen LogP contribution in [0.4, 0.5) is 4.79 Å². The Hall–Kier alpha value is -0.820. The largest absolute Gasteiger partial charge is 0.389 e. The van der Waals surface area contributed by atoms with Crippen LogP contribution >= 0.6 is 0 Å². The Morgan fingerprint density at radius 3 is 2.42 bits per heavy atom.